The first-order chi connectivity index (χ1) is 17.0. The summed E-state index contributed by atoms with van der Waals surface area (Å²) in [6.07, 6.45) is 3.21. The fraction of sp³-hybridized carbons (Fsp3) is 0.214. The van der Waals surface area contributed by atoms with Gasteiger partial charge in [0.2, 0.25) is 11.8 Å². The van der Waals surface area contributed by atoms with Gasteiger partial charge in [-0.15, -0.1) is 0 Å². The first kappa shape index (κ1) is 24.0. The SMILES string of the molecule is COc1cc(/C=C/C(=O)N2CC(C(=O)NCc3ccc(F)cc3)C2)ccc1OCc1ccccc1. The van der Waals surface area contributed by atoms with Gasteiger partial charge >= 0.3 is 0 Å². The van der Waals surface area contributed by atoms with Crippen molar-refractivity contribution in [2.45, 2.75) is 13.2 Å². The molecule has 1 N–H and O–H groups in total. The number of nitrogens with one attached hydrogen (secondary N) is 1. The first-order valence-corrected chi connectivity index (χ1v) is 11.4. The van der Waals surface area contributed by atoms with Gasteiger partial charge in [-0.25, -0.2) is 4.39 Å². The molecule has 1 aliphatic heterocycles. The van der Waals surface area contributed by atoms with Crippen molar-refractivity contribution < 1.29 is 23.5 Å². The molecule has 4 rings (SSSR count). The van der Waals surface area contributed by atoms with Crippen molar-refractivity contribution in [3.8, 4) is 11.5 Å². The van der Waals surface area contributed by atoms with Crippen LogP contribution in [0.15, 0.2) is 78.9 Å². The van der Waals surface area contributed by atoms with Crippen LogP contribution in [0.4, 0.5) is 4.39 Å². The summed E-state index contributed by atoms with van der Waals surface area (Å²) in [6.45, 7) is 1.50. The molecular weight excluding hydrogens is 447 g/mol. The second kappa shape index (κ2) is 11.3. The third-order valence-corrected chi connectivity index (χ3v) is 5.79. The Morgan fingerprint density at radius 1 is 1.00 bits per heavy atom. The lowest BCUT2D eigenvalue weighted by atomic mass is 9.98. The molecule has 0 radical (unpaired) electrons. The van der Waals surface area contributed by atoms with Crippen molar-refractivity contribution in [3.63, 3.8) is 0 Å². The number of benzene rings is 3. The van der Waals surface area contributed by atoms with Gasteiger partial charge in [-0.3, -0.25) is 9.59 Å². The number of carbonyl (C=O) groups excluding carboxylic acids is 2. The molecule has 3 aromatic carbocycles. The summed E-state index contributed by atoms with van der Waals surface area (Å²) in [7, 11) is 1.57. The van der Waals surface area contributed by atoms with Gasteiger partial charge in [0.05, 0.1) is 13.0 Å². The van der Waals surface area contributed by atoms with Crippen molar-refractivity contribution in [2.24, 2.45) is 5.92 Å². The summed E-state index contributed by atoms with van der Waals surface area (Å²) in [5.74, 6) is 0.379. The molecule has 6 nitrogen and oxygen atoms in total. The summed E-state index contributed by atoms with van der Waals surface area (Å²) in [6, 6.07) is 21.3. The number of carbonyl (C=O) groups is 2. The summed E-state index contributed by atoms with van der Waals surface area (Å²) >= 11 is 0. The van der Waals surface area contributed by atoms with Crippen LogP contribution in [0.1, 0.15) is 16.7 Å². The zero-order valence-electron chi connectivity index (χ0n) is 19.4. The highest BCUT2D eigenvalue weighted by molar-refractivity contribution is 5.94. The van der Waals surface area contributed by atoms with E-state index >= 15 is 0 Å². The maximum atomic E-state index is 13.0. The molecule has 1 saturated heterocycles. The Kier molecular flexibility index (Phi) is 7.77. The topological polar surface area (TPSA) is 67.9 Å². The standard InChI is InChI=1S/C28H27FN2O4/c1-34-26-15-20(9-13-25(26)35-19-22-5-3-2-4-6-22)10-14-27(32)31-17-23(18-31)28(33)30-16-21-7-11-24(29)12-8-21/h2-15,23H,16-19H2,1H3,(H,30,33)/b14-10+. The van der Waals surface area contributed by atoms with Gasteiger partial charge in [-0.1, -0.05) is 48.5 Å². The summed E-state index contributed by atoms with van der Waals surface area (Å²) in [5, 5.41) is 2.83. The second-order valence-electron chi connectivity index (χ2n) is 8.30. The molecule has 1 heterocycles. The van der Waals surface area contributed by atoms with Crippen molar-refractivity contribution in [1.82, 2.24) is 10.2 Å². The predicted octanol–water partition coefficient (Wildman–Crippen LogP) is 4.20. The van der Waals surface area contributed by atoms with E-state index in [-0.39, 0.29) is 23.5 Å². The van der Waals surface area contributed by atoms with E-state index in [0.29, 0.717) is 37.7 Å². The minimum atomic E-state index is -0.313. The molecule has 180 valence electrons. The highest BCUT2D eigenvalue weighted by atomic mass is 19.1. The number of halogens is 1. The average Bonchev–Trinajstić information content (AvgIpc) is 2.85. The average molecular weight is 475 g/mol. The largest absolute Gasteiger partial charge is 0.493 e. The maximum Gasteiger partial charge on any atom is 0.246 e. The molecule has 0 aliphatic carbocycles. The molecule has 1 fully saturated rings. The fourth-order valence-electron chi connectivity index (χ4n) is 3.68. The van der Waals surface area contributed by atoms with Gasteiger partial charge in [-0.2, -0.15) is 0 Å². The highest BCUT2D eigenvalue weighted by Crippen LogP contribution is 2.29. The zero-order valence-corrected chi connectivity index (χ0v) is 19.4. The number of methoxy groups -OCH3 is 1. The predicted molar refractivity (Wildman–Crippen MR) is 131 cm³/mol. The van der Waals surface area contributed by atoms with Gasteiger partial charge in [0, 0.05) is 25.7 Å². The number of ether oxygens (including phenoxy) is 2. The number of hydrogen-bond acceptors (Lipinski definition) is 4. The normalized spacial score (nSPS) is 13.4. The number of rotatable bonds is 9. The Labute approximate surface area is 204 Å². The quantitative estimate of drug-likeness (QED) is 0.472. The van der Waals surface area contributed by atoms with Gasteiger partial charge in [0.25, 0.3) is 0 Å². The molecule has 0 aromatic heterocycles. The minimum Gasteiger partial charge on any atom is -0.493 e. The van der Waals surface area contributed by atoms with Crippen LogP contribution in [0.3, 0.4) is 0 Å². The van der Waals surface area contributed by atoms with Crippen LogP contribution < -0.4 is 14.8 Å². The van der Waals surface area contributed by atoms with Gasteiger partial charge < -0.3 is 19.7 Å². The van der Waals surface area contributed by atoms with E-state index in [1.54, 1.807) is 30.2 Å². The molecule has 0 saturated carbocycles. The Bertz CT molecular complexity index is 1190. The van der Waals surface area contributed by atoms with Crippen LogP contribution in [0.2, 0.25) is 0 Å². The summed E-state index contributed by atoms with van der Waals surface area (Å²) < 4.78 is 24.3. The lowest BCUT2D eigenvalue weighted by Gasteiger charge is -2.37. The van der Waals surface area contributed by atoms with Crippen molar-refractivity contribution in [1.29, 1.82) is 0 Å². The third-order valence-electron chi connectivity index (χ3n) is 5.79. The highest BCUT2D eigenvalue weighted by Gasteiger charge is 2.34. The maximum absolute atomic E-state index is 13.0. The van der Waals surface area contributed by atoms with Crippen LogP contribution in [0, 0.1) is 11.7 Å². The third kappa shape index (κ3) is 6.47. The van der Waals surface area contributed by atoms with Crippen LogP contribution in [0.5, 0.6) is 11.5 Å². The minimum absolute atomic E-state index is 0.113. The first-order valence-electron chi connectivity index (χ1n) is 11.4. The molecule has 0 unspecified atom stereocenters. The Morgan fingerprint density at radius 2 is 1.74 bits per heavy atom. The smallest absolute Gasteiger partial charge is 0.246 e. The lowest BCUT2D eigenvalue weighted by molar-refractivity contribution is -0.139. The summed E-state index contributed by atoms with van der Waals surface area (Å²) in [5.41, 5.74) is 2.68. The fourth-order valence-corrected chi connectivity index (χ4v) is 3.68. The zero-order chi connectivity index (χ0) is 24.6. The van der Waals surface area contributed by atoms with Crippen LogP contribution in [-0.4, -0.2) is 36.9 Å². The second-order valence-corrected chi connectivity index (χ2v) is 8.30. The Morgan fingerprint density at radius 3 is 2.46 bits per heavy atom. The molecule has 2 amide bonds. The lowest BCUT2D eigenvalue weighted by Crippen LogP contribution is -2.55. The van der Waals surface area contributed by atoms with Crippen LogP contribution >= 0.6 is 0 Å². The number of amides is 2. The number of nitrogens with zero attached hydrogens (tertiary/aromatic N) is 1. The molecular formula is C28H27FN2O4. The van der Waals surface area contributed by atoms with Gasteiger partial charge in [-0.05, 0) is 47.0 Å². The Balaban J connectivity index is 1.24. The van der Waals surface area contributed by atoms with E-state index in [0.717, 1.165) is 16.7 Å². The molecule has 0 spiro atoms. The number of likely N-dealkylation sites (tertiary alicyclic amines) is 1. The summed E-state index contributed by atoms with van der Waals surface area (Å²) in [4.78, 5) is 26.4. The van der Waals surface area contributed by atoms with Crippen molar-refractivity contribution in [3.05, 3.63) is 101 Å². The Hall–Kier alpha value is -4.13. The van der Waals surface area contributed by atoms with Crippen LogP contribution in [0.25, 0.3) is 6.08 Å². The van der Waals surface area contributed by atoms with E-state index in [9.17, 15) is 14.0 Å². The monoisotopic (exact) mass is 474 g/mol. The van der Waals surface area contributed by atoms with E-state index in [4.69, 9.17) is 9.47 Å². The van der Waals surface area contributed by atoms with Gasteiger partial charge in [0.1, 0.15) is 12.4 Å². The molecule has 0 bridgehead atoms. The van der Waals surface area contributed by atoms with Crippen molar-refractivity contribution in [2.75, 3.05) is 20.2 Å². The van der Waals surface area contributed by atoms with Gasteiger partial charge in [0.15, 0.2) is 11.5 Å². The molecule has 3 aromatic rings. The molecule has 7 heteroatoms. The molecule has 1 aliphatic rings. The number of hydrogen-bond donors (Lipinski definition) is 1. The van der Waals surface area contributed by atoms with E-state index in [1.807, 2.05) is 48.5 Å². The molecule has 0 atom stereocenters. The van der Waals surface area contributed by atoms with E-state index in [1.165, 1.54) is 18.2 Å². The van der Waals surface area contributed by atoms with E-state index in [2.05, 4.69) is 5.32 Å². The molecule has 35 heavy (non-hydrogen) atoms. The van der Waals surface area contributed by atoms with E-state index < -0.39 is 0 Å². The van der Waals surface area contributed by atoms with Crippen molar-refractivity contribution >= 4 is 17.9 Å². The van der Waals surface area contributed by atoms with Crippen LogP contribution in [-0.2, 0) is 22.7 Å².